The average Bonchev–Trinajstić information content (AvgIpc) is 2.32. The van der Waals surface area contributed by atoms with Crippen molar-refractivity contribution in [3.8, 4) is 0 Å². The Bertz CT molecular complexity index is 447. The molecule has 1 N–H and O–H groups in total. The summed E-state index contributed by atoms with van der Waals surface area (Å²) in [7, 11) is 0. The van der Waals surface area contributed by atoms with Crippen LogP contribution in [0.2, 0.25) is 0 Å². The van der Waals surface area contributed by atoms with Crippen LogP contribution in [0.15, 0.2) is 22.7 Å². The molecule has 1 amide bonds. The lowest BCUT2D eigenvalue weighted by Crippen LogP contribution is -2.38. The van der Waals surface area contributed by atoms with Crippen LogP contribution in [-0.4, -0.2) is 17.3 Å². The number of hydrogen-bond donors (Lipinski definition) is 1. The molecule has 2 nitrogen and oxygen atoms in total. The zero-order chi connectivity index (χ0) is 13.1. The number of halogens is 3. The van der Waals surface area contributed by atoms with Gasteiger partial charge in [0, 0.05) is 15.9 Å². The van der Waals surface area contributed by atoms with E-state index in [9.17, 15) is 9.18 Å². The first-order valence-corrected chi connectivity index (χ1v) is 7.19. The molecular weight excluding hydrogens is 321 g/mol. The smallest absolute Gasteiger partial charge is 0.252 e. The Morgan fingerprint density at radius 1 is 1.33 bits per heavy atom. The molecule has 18 heavy (non-hydrogen) atoms. The minimum atomic E-state index is -0.360. The van der Waals surface area contributed by atoms with Crippen LogP contribution < -0.4 is 5.32 Å². The van der Waals surface area contributed by atoms with Crippen LogP contribution in [0.3, 0.4) is 0 Å². The lowest BCUT2D eigenvalue weighted by Gasteiger charge is -2.25. The SMILES string of the molecule is O=C(NC1CCC(Cl)CC1)c1ccc(F)cc1Br. The summed E-state index contributed by atoms with van der Waals surface area (Å²) in [5, 5.41) is 3.20. The van der Waals surface area contributed by atoms with Crippen LogP contribution in [0.1, 0.15) is 36.0 Å². The first kappa shape index (κ1) is 13.8. The van der Waals surface area contributed by atoms with Gasteiger partial charge in [-0.3, -0.25) is 4.79 Å². The van der Waals surface area contributed by atoms with Gasteiger partial charge in [0.05, 0.1) is 5.56 Å². The maximum absolute atomic E-state index is 12.9. The fourth-order valence-electron chi connectivity index (χ4n) is 2.13. The van der Waals surface area contributed by atoms with Crippen LogP contribution >= 0.6 is 27.5 Å². The van der Waals surface area contributed by atoms with Gasteiger partial charge in [0.1, 0.15) is 5.82 Å². The normalized spacial score (nSPS) is 23.7. The van der Waals surface area contributed by atoms with Crippen molar-refractivity contribution in [2.45, 2.75) is 37.1 Å². The Morgan fingerprint density at radius 2 is 2.00 bits per heavy atom. The molecule has 0 saturated heterocycles. The summed E-state index contributed by atoms with van der Waals surface area (Å²) >= 11 is 9.22. The predicted molar refractivity (Wildman–Crippen MR) is 73.5 cm³/mol. The Balaban J connectivity index is 1.99. The van der Waals surface area contributed by atoms with E-state index in [2.05, 4.69) is 21.2 Å². The van der Waals surface area contributed by atoms with E-state index in [4.69, 9.17) is 11.6 Å². The fraction of sp³-hybridized carbons (Fsp3) is 0.462. The Hall–Kier alpha value is -0.610. The van der Waals surface area contributed by atoms with Crippen molar-refractivity contribution in [2.75, 3.05) is 0 Å². The molecule has 0 spiro atoms. The third-order valence-corrected chi connectivity index (χ3v) is 4.26. The third-order valence-electron chi connectivity index (χ3n) is 3.17. The van der Waals surface area contributed by atoms with Crippen molar-refractivity contribution in [3.05, 3.63) is 34.1 Å². The number of benzene rings is 1. The largest absolute Gasteiger partial charge is 0.349 e. The molecule has 1 saturated carbocycles. The van der Waals surface area contributed by atoms with Crippen LogP contribution in [0, 0.1) is 5.82 Å². The van der Waals surface area contributed by atoms with Crippen molar-refractivity contribution in [1.29, 1.82) is 0 Å². The zero-order valence-electron chi connectivity index (χ0n) is 9.76. The van der Waals surface area contributed by atoms with Crippen LogP contribution in [0.25, 0.3) is 0 Å². The van der Waals surface area contributed by atoms with Gasteiger partial charge < -0.3 is 5.32 Å². The van der Waals surface area contributed by atoms with Crippen molar-refractivity contribution in [1.82, 2.24) is 5.32 Å². The highest BCUT2D eigenvalue weighted by atomic mass is 79.9. The Morgan fingerprint density at radius 3 is 2.61 bits per heavy atom. The van der Waals surface area contributed by atoms with Gasteiger partial charge in [-0.1, -0.05) is 0 Å². The van der Waals surface area contributed by atoms with E-state index in [0.29, 0.717) is 10.0 Å². The van der Waals surface area contributed by atoms with Gasteiger partial charge >= 0.3 is 0 Å². The minimum absolute atomic E-state index is 0.167. The van der Waals surface area contributed by atoms with Crippen LogP contribution in [0.5, 0.6) is 0 Å². The molecule has 0 atom stereocenters. The maximum atomic E-state index is 12.9. The highest BCUT2D eigenvalue weighted by Crippen LogP contribution is 2.24. The second-order valence-corrected chi connectivity index (χ2v) is 6.02. The van der Waals surface area contributed by atoms with Gasteiger partial charge in [-0.25, -0.2) is 4.39 Å². The molecule has 2 rings (SSSR count). The summed E-state index contributed by atoms with van der Waals surface area (Å²) in [5.41, 5.74) is 0.462. The lowest BCUT2D eigenvalue weighted by molar-refractivity contribution is 0.0927. The second-order valence-electron chi connectivity index (χ2n) is 4.55. The molecule has 1 aliphatic carbocycles. The summed E-state index contributed by atoms with van der Waals surface area (Å²) < 4.78 is 13.4. The first-order chi connectivity index (χ1) is 8.56. The Kier molecular flexibility index (Phi) is 4.62. The van der Waals surface area contributed by atoms with Crippen molar-refractivity contribution < 1.29 is 9.18 Å². The molecule has 0 bridgehead atoms. The number of hydrogen-bond acceptors (Lipinski definition) is 1. The summed E-state index contributed by atoms with van der Waals surface area (Å²) in [6.07, 6.45) is 3.66. The summed E-state index contributed by atoms with van der Waals surface area (Å²) in [4.78, 5) is 12.0. The highest BCUT2D eigenvalue weighted by Gasteiger charge is 2.22. The van der Waals surface area contributed by atoms with E-state index in [1.165, 1.54) is 18.2 Å². The first-order valence-electron chi connectivity index (χ1n) is 5.96. The zero-order valence-corrected chi connectivity index (χ0v) is 12.1. The van der Waals surface area contributed by atoms with E-state index in [-0.39, 0.29) is 23.1 Å². The van der Waals surface area contributed by atoms with Crippen molar-refractivity contribution in [3.63, 3.8) is 0 Å². The van der Waals surface area contributed by atoms with Gasteiger partial charge in [-0.2, -0.15) is 0 Å². The molecule has 5 heteroatoms. The molecule has 0 heterocycles. The van der Waals surface area contributed by atoms with Gasteiger partial charge in [-0.05, 0) is 59.8 Å². The van der Waals surface area contributed by atoms with Crippen LogP contribution in [0.4, 0.5) is 4.39 Å². The van der Waals surface area contributed by atoms with E-state index >= 15 is 0 Å². The average molecular weight is 335 g/mol. The van der Waals surface area contributed by atoms with Gasteiger partial charge in [0.25, 0.3) is 5.91 Å². The van der Waals surface area contributed by atoms with E-state index in [1.54, 1.807) is 0 Å². The summed E-state index contributed by atoms with van der Waals surface area (Å²) in [5.74, 6) is -0.527. The van der Waals surface area contributed by atoms with E-state index < -0.39 is 0 Å². The minimum Gasteiger partial charge on any atom is -0.349 e. The van der Waals surface area contributed by atoms with Crippen molar-refractivity contribution in [2.24, 2.45) is 0 Å². The third kappa shape index (κ3) is 3.45. The number of alkyl halides is 1. The monoisotopic (exact) mass is 333 g/mol. The molecule has 0 aliphatic heterocycles. The fourth-order valence-corrected chi connectivity index (χ4v) is 2.92. The number of carbonyl (C=O) groups excluding carboxylic acids is 1. The van der Waals surface area contributed by atoms with Gasteiger partial charge in [0.15, 0.2) is 0 Å². The molecule has 0 aromatic heterocycles. The molecule has 1 fully saturated rings. The summed E-state index contributed by atoms with van der Waals surface area (Å²) in [6.45, 7) is 0. The second kappa shape index (κ2) is 6.02. The topological polar surface area (TPSA) is 29.1 Å². The number of carbonyl (C=O) groups is 1. The van der Waals surface area contributed by atoms with Crippen molar-refractivity contribution >= 4 is 33.4 Å². The highest BCUT2D eigenvalue weighted by molar-refractivity contribution is 9.10. The van der Waals surface area contributed by atoms with Crippen LogP contribution in [-0.2, 0) is 0 Å². The molecule has 1 aromatic carbocycles. The quantitative estimate of drug-likeness (QED) is 0.817. The molecule has 0 radical (unpaired) electrons. The maximum Gasteiger partial charge on any atom is 0.252 e. The van der Waals surface area contributed by atoms with E-state index in [0.717, 1.165) is 25.7 Å². The Labute approximate surface area is 119 Å². The standard InChI is InChI=1S/C13H14BrClFNO/c14-12-7-9(16)3-6-11(12)13(18)17-10-4-1-8(15)2-5-10/h3,6-8,10H,1-2,4-5H2,(H,17,18). The number of nitrogens with one attached hydrogen (secondary N) is 1. The summed E-state index contributed by atoms with van der Waals surface area (Å²) in [6, 6.07) is 4.24. The predicted octanol–water partition coefficient (Wildman–Crippen LogP) is 3.87. The van der Waals surface area contributed by atoms with E-state index in [1.807, 2.05) is 0 Å². The molecule has 1 aromatic rings. The number of amides is 1. The van der Waals surface area contributed by atoms with Gasteiger partial charge in [0.2, 0.25) is 0 Å². The number of rotatable bonds is 2. The molecule has 0 unspecified atom stereocenters. The van der Waals surface area contributed by atoms with Gasteiger partial charge in [-0.15, -0.1) is 11.6 Å². The molecule has 98 valence electrons. The molecular formula is C13H14BrClFNO. The molecule has 1 aliphatic rings. The lowest BCUT2D eigenvalue weighted by atomic mass is 9.95.